The number of benzene rings is 2. The van der Waals surface area contributed by atoms with Crippen molar-refractivity contribution in [2.45, 2.75) is 178 Å². The van der Waals surface area contributed by atoms with E-state index in [4.69, 9.17) is 23.0 Å². The lowest BCUT2D eigenvalue weighted by Crippen LogP contribution is -2.49. The van der Waals surface area contributed by atoms with Crippen molar-refractivity contribution >= 4 is 17.8 Å². The van der Waals surface area contributed by atoms with Crippen molar-refractivity contribution in [1.82, 2.24) is 20.2 Å². The van der Waals surface area contributed by atoms with E-state index < -0.39 is 17.6 Å². The van der Waals surface area contributed by atoms with Gasteiger partial charge in [0.15, 0.2) is 0 Å². The number of carbonyl (C=O) groups excluding carboxylic acids is 2. The number of hydrogen-bond donors (Lipinski definition) is 2. The highest BCUT2D eigenvalue weighted by Crippen LogP contribution is 2.31. The Labute approximate surface area is 399 Å². The molecule has 13 nitrogen and oxygen atoms in total. The molecular weight excluding hydrogens is 849 g/mol. The van der Waals surface area contributed by atoms with E-state index in [1.54, 1.807) is 0 Å². The van der Waals surface area contributed by atoms with Gasteiger partial charge in [0.25, 0.3) is 0 Å². The fourth-order valence-electron chi connectivity index (χ4n) is 9.04. The van der Waals surface area contributed by atoms with Crippen LogP contribution in [0, 0.1) is 51.4 Å². The number of hydrogen-bond acceptors (Lipinski definition) is 11. The number of amides is 1. The smallest absolute Gasteiger partial charge is 0.326 e. The predicted octanol–water partition coefficient (Wildman–Crippen LogP) is 11.0. The molecule has 4 aromatic rings. The number of rotatable bonds is 18. The van der Waals surface area contributed by atoms with Gasteiger partial charge in [-0.2, -0.15) is 0 Å². The van der Waals surface area contributed by atoms with Gasteiger partial charge in [-0.1, -0.05) is 75.9 Å². The number of nitrogens with one attached hydrogen (secondary N) is 1. The molecule has 0 radical (unpaired) electrons. The van der Waals surface area contributed by atoms with E-state index in [9.17, 15) is 19.5 Å². The van der Waals surface area contributed by atoms with Crippen LogP contribution in [0.5, 0.6) is 0 Å². The molecule has 2 aliphatic rings. The molecule has 6 rings (SSSR count). The van der Waals surface area contributed by atoms with Crippen LogP contribution in [-0.4, -0.2) is 80.8 Å². The Balaban J connectivity index is 0.000000251. The summed E-state index contributed by atoms with van der Waals surface area (Å²) < 4.78 is 29.9. The third-order valence-electron chi connectivity index (χ3n) is 12.8. The molecule has 0 spiro atoms. The highest BCUT2D eigenvalue weighted by Gasteiger charge is 2.34. The van der Waals surface area contributed by atoms with Crippen molar-refractivity contribution in [3.8, 4) is 22.9 Å². The molecule has 67 heavy (non-hydrogen) atoms. The van der Waals surface area contributed by atoms with Gasteiger partial charge in [0, 0.05) is 24.6 Å². The number of ether oxygens (including phenoxy) is 3. The van der Waals surface area contributed by atoms with E-state index >= 15 is 0 Å². The normalized spacial score (nSPS) is 19.7. The number of aliphatic carboxylic acids is 1. The van der Waals surface area contributed by atoms with Crippen LogP contribution in [0.2, 0.25) is 0 Å². The lowest BCUT2D eigenvalue weighted by molar-refractivity contribution is -0.158. The fraction of sp³-hybridized carbons (Fsp3) is 0.611. The second-order valence-electron chi connectivity index (χ2n) is 20.6. The fourth-order valence-corrected chi connectivity index (χ4v) is 9.04. The highest BCUT2D eigenvalue weighted by molar-refractivity contribution is 5.82. The molecule has 2 saturated carbocycles. The first-order valence-corrected chi connectivity index (χ1v) is 24.4. The summed E-state index contributed by atoms with van der Waals surface area (Å²) in [4.78, 5) is 47.5. The van der Waals surface area contributed by atoms with Gasteiger partial charge in [0.05, 0.1) is 25.4 Å². The molecule has 2 aromatic carbocycles. The Kier molecular flexibility index (Phi) is 19.4. The summed E-state index contributed by atoms with van der Waals surface area (Å²) >= 11 is 0. The standard InChI is InChI=1S/C28H42N2O4.C26H36N2O5/c1-18(2)25(27(31)34-28(5,6)7)29-16-21-9-8-10-23(15-21)32-17-24-20(4)33-26(30-24)22-13-11-19(3)12-14-22;1-16(2)24(26(30)31)28(19(5)29)14-20-7-6-8-22(13-20)32-15-23-18(4)33-25(27-23)21-11-9-17(3)10-12-21/h11-14,18,21,23,25,29H,8-10,15-17H2,1-7H3;9-12,16,20,22,24H,6-8,13-15H2,1-5H3,(H,30,31)/t21?,23?,25-;20?,22?,24-/m00/s1. The van der Waals surface area contributed by atoms with Gasteiger partial charge in [-0.05, 0) is 141 Å². The van der Waals surface area contributed by atoms with Crippen molar-refractivity contribution in [3.63, 3.8) is 0 Å². The van der Waals surface area contributed by atoms with Crippen LogP contribution in [-0.2, 0) is 41.8 Å². The third-order valence-corrected chi connectivity index (χ3v) is 12.8. The monoisotopic (exact) mass is 927 g/mol. The average Bonchev–Trinajstić information content (AvgIpc) is 3.82. The first-order chi connectivity index (χ1) is 31.7. The summed E-state index contributed by atoms with van der Waals surface area (Å²) in [5, 5.41) is 13.1. The van der Waals surface area contributed by atoms with Crippen molar-refractivity contribution in [3.05, 3.63) is 82.6 Å². The van der Waals surface area contributed by atoms with Crippen molar-refractivity contribution in [2.24, 2.45) is 23.7 Å². The highest BCUT2D eigenvalue weighted by atomic mass is 16.6. The van der Waals surface area contributed by atoms with Crippen LogP contribution < -0.4 is 5.32 Å². The van der Waals surface area contributed by atoms with Gasteiger partial charge in [-0.25, -0.2) is 14.8 Å². The predicted molar refractivity (Wildman–Crippen MR) is 260 cm³/mol. The van der Waals surface area contributed by atoms with E-state index in [0.717, 1.165) is 91.9 Å². The lowest BCUT2D eigenvalue weighted by Gasteiger charge is -2.36. The summed E-state index contributed by atoms with van der Waals surface area (Å²) in [6.45, 7) is 25.0. The van der Waals surface area contributed by atoms with E-state index in [2.05, 4.69) is 48.2 Å². The number of carboxylic acid groups (broad SMARTS) is 1. The second kappa shape index (κ2) is 24.4. The van der Waals surface area contributed by atoms with E-state index in [-0.39, 0.29) is 47.9 Å². The molecule has 13 heteroatoms. The summed E-state index contributed by atoms with van der Waals surface area (Å²) in [5.41, 5.74) is 5.49. The van der Waals surface area contributed by atoms with Crippen molar-refractivity contribution in [2.75, 3.05) is 13.1 Å². The number of carboxylic acids is 1. The molecular formula is C54H78N4O9. The average molecular weight is 927 g/mol. The first-order valence-electron chi connectivity index (χ1n) is 24.4. The molecule has 0 saturated heterocycles. The zero-order chi connectivity index (χ0) is 49.0. The van der Waals surface area contributed by atoms with Crippen LogP contribution in [0.1, 0.15) is 141 Å². The maximum absolute atomic E-state index is 12.6. The molecule has 1 amide bonds. The number of aryl methyl sites for hydroxylation is 4. The topological polar surface area (TPSA) is 166 Å². The van der Waals surface area contributed by atoms with Gasteiger partial charge >= 0.3 is 11.9 Å². The van der Waals surface area contributed by atoms with Crippen LogP contribution in [0.15, 0.2) is 57.4 Å². The Hall–Kier alpha value is -4.85. The molecule has 6 atom stereocenters. The number of nitrogens with zero attached hydrogens (tertiary/aromatic N) is 3. The second-order valence-corrected chi connectivity index (χ2v) is 20.6. The largest absolute Gasteiger partial charge is 0.480 e. The quantitative estimate of drug-likeness (QED) is 0.0908. The Morgan fingerprint density at radius 1 is 0.731 bits per heavy atom. The number of carbonyl (C=O) groups is 3. The summed E-state index contributed by atoms with van der Waals surface area (Å²) in [7, 11) is 0. The summed E-state index contributed by atoms with van der Waals surface area (Å²) in [6.07, 6.45) is 8.26. The zero-order valence-electron chi connectivity index (χ0n) is 42.3. The zero-order valence-corrected chi connectivity index (χ0v) is 42.3. The van der Waals surface area contributed by atoms with Crippen LogP contribution in [0.4, 0.5) is 0 Å². The summed E-state index contributed by atoms with van der Waals surface area (Å²) in [5.74, 6) is 2.19. The van der Waals surface area contributed by atoms with Gasteiger partial charge < -0.3 is 38.4 Å². The number of esters is 1. The van der Waals surface area contributed by atoms with Crippen LogP contribution >= 0.6 is 0 Å². The molecule has 2 fully saturated rings. The van der Waals surface area contributed by atoms with Gasteiger partial charge in [-0.3, -0.25) is 9.59 Å². The molecule has 368 valence electrons. The van der Waals surface area contributed by atoms with Crippen molar-refractivity contribution < 1.29 is 42.5 Å². The Morgan fingerprint density at radius 3 is 1.61 bits per heavy atom. The minimum Gasteiger partial charge on any atom is -0.480 e. The van der Waals surface area contributed by atoms with Crippen LogP contribution in [0.3, 0.4) is 0 Å². The Morgan fingerprint density at radius 2 is 1.19 bits per heavy atom. The van der Waals surface area contributed by atoms with E-state index in [0.29, 0.717) is 37.5 Å². The molecule has 4 unspecified atom stereocenters. The molecule has 2 aliphatic carbocycles. The lowest BCUT2D eigenvalue weighted by atomic mass is 9.86. The van der Waals surface area contributed by atoms with Crippen molar-refractivity contribution in [1.29, 1.82) is 0 Å². The molecule has 2 heterocycles. The maximum atomic E-state index is 12.6. The third kappa shape index (κ3) is 16.1. The summed E-state index contributed by atoms with van der Waals surface area (Å²) in [6, 6.07) is 15.2. The molecule has 0 aliphatic heterocycles. The molecule has 0 bridgehead atoms. The van der Waals surface area contributed by atoms with E-state index in [1.165, 1.54) is 23.0 Å². The Bertz CT molecular complexity index is 2190. The molecule has 2 aromatic heterocycles. The van der Waals surface area contributed by atoms with Gasteiger partial charge in [0.2, 0.25) is 17.7 Å². The molecule has 2 N–H and O–H groups in total. The van der Waals surface area contributed by atoms with Gasteiger partial charge in [0.1, 0.15) is 40.6 Å². The van der Waals surface area contributed by atoms with E-state index in [1.807, 2.05) is 91.8 Å². The van der Waals surface area contributed by atoms with Crippen LogP contribution in [0.25, 0.3) is 22.9 Å². The minimum atomic E-state index is -0.949. The number of oxazole rings is 2. The maximum Gasteiger partial charge on any atom is 0.326 e. The SMILES string of the molecule is CC(=O)N(CC1CCCC(OCc2nc(-c3ccc(C)cc3)oc2C)C1)[C@H](C(=O)O)C(C)C.Cc1ccc(-c2nc(COC3CCCC(CN[C@H](C(=O)OC(C)(C)C)C(C)C)C3)c(C)o2)cc1. The first kappa shape index (κ1) is 53.1. The number of aromatic nitrogens is 2. The van der Waals surface area contributed by atoms with Gasteiger partial charge in [-0.15, -0.1) is 0 Å². The minimum absolute atomic E-state index is 0.0545.